The highest BCUT2D eigenvalue weighted by Crippen LogP contribution is 2.45. The molecule has 0 spiro atoms. The standard InChI is InChI=1S/C11H20/c1-8-3-4-10(8)5-6-11-7-9(11)2/h8-11H,3-7H2,1-2H3. The van der Waals surface area contributed by atoms with Crippen LogP contribution in [-0.4, -0.2) is 0 Å². The van der Waals surface area contributed by atoms with E-state index in [0.717, 1.165) is 23.7 Å². The normalized spacial score (nSPS) is 48.5. The second-order valence-electron chi connectivity index (χ2n) is 4.87. The zero-order valence-electron chi connectivity index (χ0n) is 7.84. The monoisotopic (exact) mass is 152 g/mol. The summed E-state index contributed by atoms with van der Waals surface area (Å²) in [4.78, 5) is 0. The van der Waals surface area contributed by atoms with Gasteiger partial charge in [0.05, 0.1) is 0 Å². The first-order valence-corrected chi connectivity index (χ1v) is 5.27. The quantitative estimate of drug-likeness (QED) is 0.581. The van der Waals surface area contributed by atoms with Crippen molar-refractivity contribution in [2.24, 2.45) is 23.7 Å². The van der Waals surface area contributed by atoms with Crippen LogP contribution in [0.25, 0.3) is 0 Å². The summed E-state index contributed by atoms with van der Waals surface area (Å²) in [6.07, 6.45) is 7.64. The highest BCUT2D eigenvalue weighted by Gasteiger charge is 2.34. The van der Waals surface area contributed by atoms with Gasteiger partial charge in [-0.05, 0) is 49.4 Å². The van der Waals surface area contributed by atoms with Gasteiger partial charge in [0, 0.05) is 0 Å². The smallest absolute Gasteiger partial charge is 0.0386 e. The van der Waals surface area contributed by atoms with Gasteiger partial charge in [-0.2, -0.15) is 0 Å². The van der Waals surface area contributed by atoms with E-state index in [9.17, 15) is 0 Å². The Balaban J connectivity index is 1.60. The van der Waals surface area contributed by atoms with Crippen molar-refractivity contribution in [1.29, 1.82) is 0 Å². The Kier molecular flexibility index (Phi) is 1.95. The zero-order chi connectivity index (χ0) is 7.84. The first-order chi connectivity index (χ1) is 5.27. The molecule has 0 aromatic carbocycles. The van der Waals surface area contributed by atoms with Gasteiger partial charge in [0.1, 0.15) is 0 Å². The summed E-state index contributed by atoms with van der Waals surface area (Å²) in [6.45, 7) is 4.82. The lowest BCUT2D eigenvalue weighted by Crippen LogP contribution is -2.22. The van der Waals surface area contributed by atoms with E-state index in [2.05, 4.69) is 13.8 Å². The molecule has 0 bridgehead atoms. The lowest BCUT2D eigenvalue weighted by molar-refractivity contribution is 0.177. The lowest BCUT2D eigenvalue weighted by Gasteiger charge is -2.33. The molecule has 0 aromatic heterocycles. The minimum atomic E-state index is 1.06. The van der Waals surface area contributed by atoms with E-state index >= 15 is 0 Å². The molecule has 64 valence electrons. The Labute approximate surface area is 70.4 Å². The second-order valence-corrected chi connectivity index (χ2v) is 4.87. The molecule has 0 aromatic rings. The van der Waals surface area contributed by atoms with Gasteiger partial charge in [-0.1, -0.05) is 20.3 Å². The number of hydrogen-bond acceptors (Lipinski definition) is 0. The lowest BCUT2D eigenvalue weighted by atomic mass is 9.72. The fourth-order valence-corrected chi connectivity index (χ4v) is 2.39. The van der Waals surface area contributed by atoms with Crippen LogP contribution in [-0.2, 0) is 0 Å². The Morgan fingerprint density at radius 3 is 1.91 bits per heavy atom. The highest BCUT2D eigenvalue weighted by atomic mass is 14.4. The predicted molar refractivity (Wildman–Crippen MR) is 48.4 cm³/mol. The molecule has 2 saturated carbocycles. The third-order valence-electron chi connectivity index (χ3n) is 3.98. The van der Waals surface area contributed by atoms with Crippen LogP contribution < -0.4 is 0 Å². The molecule has 0 heteroatoms. The molecular weight excluding hydrogens is 132 g/mol. The maximum absolute atomic E-state index is 2.42. The maximum Gasteiger partial charge on any atom is -0.0386 e. The van der Waals surface area contributed by atoms with Crippen LogP contribution in [0.5, 0.6) is 0 Å². The van der Waals surface area contributed by atoms with Crippen molar-refractivity contribution in [2.45, 2.75) is 46.0 Å². The molecule has 0 radical (unpaired) electrons. The Morgan fingerprint density at radius 2 is 1.55 bits per heavy atom. The van der Waals surface area contributed by atoms with Gasteiger partial charge >= 0.3 is 0 Å². The van der Waals surface area contributed by atoms with E-state index in [0.29, 0.717) is 0 Å². The Bertz CT molecular complexity index is 139. The van der Waals surface area contributed by atoms with Gasteiger partial charge in [0.15, 0.2) is 0 Å². The van der Waals surface area contributed by atoms with Crippen molar-refractivity contribution >= 4 is 0 Å². The molecule has 0 nitrogen and oxygen atoms in total. The van der Waals surface area contributed by atoms with Gasteiger partial charge in [-0.25, -0.2) is 0 Å². The summed E-state index contributed by atoms with van der Waals surface area (Å²) in [7, 11) is 0. The van der Waals surface area contributed by atoms with Crippen molar-refractivity contribution in [2.75, 3.05) is 0 Å². The summed E-state index contributed by atoms with van der Waals surface area (Å²) in [5.74, 6) is 4.38. The van der Waals surface area contributed by atoms with Gasteiger partial charge in [-0.3, -0.25) is 0 Å². The molecule has 11 heavy (non-hydrogen) atoms. The third-order valence-corrected chi connectivity index (χ3v) is 3.98. The van der Waals surface area contributed by atoms with Crippen LogP contribution in [0.4, 0.5) is 0 Å². The van der Waals surface area contributed by atoms with Crippen LogP contribution in [0, 0.1) is 23.7 Å². The molecule has 0 saturated heterocycles. The van der Waals surface area contributed by atoms with Crippen molar-refractivity contribution in [3.63, 3.8) is 0 Å². The minimum absolute atomic E-state index is 1.06. The fraction of sp³-hybridized carbons (Fsp3) is 1.00. The van der Waals surface area contributed by atoms with Crippen molar-refractivity contribution in [1.82, 2.24) is 0 Å². The molecule has 2 rings (SSSR count). The van der Waals surface area contributed by atoms with Crippen LogP contribution >= 0.6 is 0 Å². The number of hydrogen-bond donors (Lipinski definition) is 0. The predicted octanol–water partition coefficient (Wildman–Crippen LogP) is 3.47. The van der Waals surface area contributed by atoms with E-state index in [4.69, 9.17) is 0 Å². The first-order valence-electron chi connectivity index (χ1n) is 5.27. The second kappa shape index (κ2) is 2.80. The third kappa shape index (κ3) is 1.60. The van der Waals surface area contributed by atoms with Crippen molar-refractivity contribution < 1.29 is 0 Å². The van der Waals surface area contributed by atoms with Crippen LogP contribution in [0.2, 0.25) is 0 Å². The fourth-order valence-electron chi connectivity index (χ4n) is 2.39. The number of rotatable bonds is 3. The van der Waals surface area contributed by atoms with E-state index in [-0.39, 0.29) is 0 Å². The summed E-state index contributed by atoms with van der Waals surface area (Å²) in [5, 5.41) is 0. The summed E-state index contributed by atoms with van der Waals surface area (Å²) >= 11 is 0. The van der Waals surface area contributed by atoms with Crippen molar-refractivity contribution in [3.8, 4) is 0 Å². The topological polar surface area (TPSA) is 0 Å². The van der Waals surface area contributed by atoms with Crippen LogP contribution in [0.15, 0.2) is 0 Å². The summed E-state index contributed by atoms with van der Waals surface area (Å²) in [5.41, 5.74) is 0. The largest absolute Gasteiger partial charge is 0.0622 e. The van der Waals surface area contributed by atoms with Gasteiger partial charge in [0.2, 0.25) is 0 Å². The van der Waals surface area contributed by atoms with E-state index < -0.39 is 0 Å². The molecule has 0 heterocycles. The zero-order valence-corrected chi connectivity index (χ0v) is 7.84. The molecule has 0 amide bonds. The minimum Gasteiger partial charge on any atom is -0.0622 e. The van der Waals surface area contributed by atoms with Gasteiger partial charge in [-0.15, -0.1) is 0 Å². The molecule has 4 unspecified atom stereocenters. The van der Waals surface area contributed by atoms with Crippen molar-refractivity contribution in [3.05, 3.63) is 0 Å². The average Bonchev–Trinajstić information content (AvgIpc) is 2.64. The molecule has 0 aliphatic heterocycles. The van der Waals surface area contributed by atoms with E-state index in [1.54, 1.807) is 0 Å². The van der Waals surface area contributed by atoms with Crippen LogP contribution in [0.3, 0.4) is 0 Å². The first kappa shape index (κ1) is 7.64. The van der Waals surface area contributed by atoms with E-state index in [1.165, 1.54) is 32.1 Å². The molecular formula is C11H20. The van der Waals surface area contributed by atoms with Gasteiger partial charge < -0.3 is 0 Å². The van der Waals surface area contributed by atoms with Gasteiger partial charge in [0.25, 0.3) is 0 Å². The molecule has 2 fully saturated rings. The Hall–Kier alpha value is 0. The molecule has 0 N–H and O–H groups in total. The summed E-state index contributed by atoms with van der Waals surface area (Å²) < 4.78 is 0. The Morgan fingerprint density at radius 1 is 0.909 bits per heavy atom. The SMILES string of the molecule is CC1CCC1CCC1CC1C. The molecule has 4 atom stereocenters. The molecule has 2 aliphatic carbocycles. The maximum atomic E-state index is 2.42. The summed E-state index contributed by atoms with van der Waals surface area (Å²) in [6, 6.07) is 0. The highest BCUT2D eigenvalue weighted by molar-refractivity contribution is 4.85. The molecule has 2 aliphatic rings. The average molecular weight is 152 g/mol. The van der Waals surface area contributed by atoms with E-state index in [1.807, 2.05) is 0 Å². The van der Waals surface area contributed by atoms with Crippen LogP contribution in [0.1, 0.15) is 46.0 Å².